The predicted molar refractivity (Wildman–Crippen MR) is 119 cm³/mol. The number of rotatable bonds is 3. The minimum absolute atomic E-state index is 0.212. The van der Waals surface area contributed by atoms with Crippen LogP contribution in [0.1, 0.15) is 0 Å². The fourth-order valence-corrected chi connectivity index (χ4v) is 7.75. The van der Waals surface area contributed by atoms with Crippen LogP contribution in [0.3, 0.4) is 0 Å². The molecular formula is C19H12Cl2N2O3S3. The molecule has 1 aliphatic heterocycles. The third-order valence-corrected chi connectivity index (χ3v) is 9.38. The van der Waals surface area contributed by atoms with Crippen molar-refractivity contribution in [3.8, 4) is 11.3 Å². The molecule has 3 aromatic heterocycles. The Kier molecular flexibility index (Phi) is 4.79. The van der Waals surface area contributed by atoms with Crippen molar-refractivity contribution in [1.82, 2.24) is 4.98 Å². The van der Waals surface area contributed by atoms with Crippen molar-refractivity contribution in [2.75, 3.05) is 16.6 Å². The lowest BCUT2D eigenvalue weighted by Crippen LogP contribution is -2.35. The van der Waals surface area contributed by atoms with Crippen LogP contribution in [0.2, 0.25) is 9.36 Å². The number of aromatic nitrogens is 1. The maximum absolute atomic E-state index is 13.2. The summed E-state index contributed by atoms with van der Waals surface area (Å²) in [6.07, 6.45) is 3.28. The van der Waals surface area contributed by atoms with Gasteiger partial charge in [0.1, 0.15) is 15.6 Å². The van der Waals surface area contributed by atoms with E-state index in [9.17, 15) is 8.42 Å². The molecule has 10 heteroatoms. The van der Waals surface area contributed by atoms with Gasteiger partial charge >= 0.3 is 0 Å². The monoisotopic (exact) mass is 482 g/mol. The van der Waals surface area contributed by atoms with E-state index in [-0.39, 0.29) is 4.21 Å². The van der Waals surface area contributed by atoms with Crippen LogP contribution < -0.4 is 4.31 Å². The number of nitrogens with zero attached hydrogens (tertiary/aromatic N) is 2. The van der Waals surface area contributed by atoms with Crippen LogP contribution in [0.4, 0.5) is 5.69 Å². The first-order valence-electron chi connectivity index (χ1n) is 8.52. The van der Waals surface area contributed by atoms with E-state index in [4.69, 9.17) is 27.6 Å². The minimum Gasteiger partial charge on any atom is -0.456 e. The zero-order valence-corrected chi connectivity index (χ0v) is 18.6. The van der Waals surface area contributed by atoms with Crippen LogP contribution in [-0.2, 0) is 10.0 Å². The van der Waals surface area contributed by atoms with Crippen LogP contribution in [0, 0.1) is 0 Å². The lowest BCUT2D eigenvalue weighted by atomic mass is 10.2. The van der Waals surface area contributed by atoms with Gasteiger partial charge in [-0.2, -0.15) is 0 Å². The average Bonchev–Trinajstić information content (AvgIpc) is 3.33. The highest BCUT2D eigenvalue weighted by Gasteiger charge is 2.32. The van der Waals surface area contributed by atoms with Crippen LogP contribution in [0.25, 0.3) is 22.3 Å². The number of thioether (sulfide) groups is 1. The normalized spacial score (nSPS) is 14.3. The maximum Gasteiger partial charge on any atom is 0.273 e. The number of thiophene rings is 1. The summed E-state index contributed by atoms with van der Waals surface area (Å²) in [7, 11) is -3.72. The van der Waals surface area contributed by atoms with Crippen LogP contribution in [0.5, 0.6) is 0 Å². The first-order valence-corrected chi connectivity index (χ1v) is 12.5. The van der Waals surface area contributed by atoms with Crippen molar-refractivity contribution in [1.29, 1.82) is 0 Å². The number of hydrogen-bond donors (Lipinski definition) is 0. The average molecular weight is 483 g/mol. The first kappa shape index (κ1) is 19.3. The molecule has 1 aromatic carbocycles. The zero-order chi connectivity index (χ0) is 20.2. The Morgan fingerprint density at radius 1 is 1.10 bits per heavy atom. The van der Waals surface area contributed by atoms with E-state index >= 15 is 0 Å². The fraction of sp³-hybridized carbons (Fsp3) is 0.105. The second-order valence-corrected chi connectivity index (χ2v) is 11.7. The number of benzene rings is 1. The van der Waals surface area contributed by atoms with Gasteiger partial charge in [0.05, 0.1) is 21.8 Å². The van der Waals surface area contributed by atoms with Gasteiger partial charge < -0.3 is 4.42 Å². The molecule has 0 fully saturated rings. The van der Waals surface area contributed by atoms with Gasteiger partial charge in [0.25, 0.3) is 10.0 Å². The summed E-state index contributed by atoms with van der Waals surface area (Å²) >= 11 is 14.7. The molecule has 4 heterocycles. The number of halogens is 2. The maximum atomic E-state index is 13.2. The van der Waals surface area contributed by atoms with Gasteiger partial charge in [-0.25, -0.2) is 8.42 Å². The molecule has 0 bridgehead atoms. The van der Waals surface area contributed by atoms with Gasteiger partial charge in [-0.05, 0) is 36.4 Å². The number of anilines is 1. The Balaban J connectivity index is 1.64. The van der Waals surface area contributed by atoms with Gasteiger partial charge in [-0.15, -0.1) is 23.1 Å². The molecule has 1 aliphatic rings. The molecule has 0 atom stereocenters. The van der Waals surface area contributed by atoms with Gasteiger partial charge in [0, 0.05) is 33.8 Å². The predicted octanol–water partition coefficient (Wildman–Crippen LogP) is 6.16. The molecule has 29 heavy (non-hydrogen) atoms. The molecule has 148 valence electrons. The highest BCUT2D eigenvalue weighted by molar-refractivity contribution is 8.00. The van der Waals surface area contributed by atoms with E-state index in [1.165, 1.54) is 10.4 Å². The van der Waals surface area contributed by atoms with Crippen molar-refractivity contribution in [2.45, 2.75) is 9.10 Å². The molecule has 0 saturated heterocycles. The Labute approximate surface area is 185 Å². The summed E-state index contributed by atoms with van der Waals surface area (Å²) in [5.41, 5.74) is 2.01. The quantitative estimate of drug-likeness (QED) is 0.349. The van der Waals surface area contributed by atoms with Crippen LogP contribution >= 0.6 is 46.3 Å². The van der Waals surface area contributed by atoms with Crippen molar-refractivity contribution < 1.29 is 12.8 Å². The summed E-state index contributed by atoms with van der Waals surface area (Å²) in [4.78, 5) is 5.12. The third-order valence-electron chi connectivity index (χ3n) is 4.52. The molecule has 0 unspecified atom stereocenters. The fourth-order valence-electron chi connectivity index (χ4n) is 3.24. The smallest absolute Gasteiger partial charge is 0.273 e. The number of furan rings is 1. The summed E-state index contributed by atoms with van der Waals surface area (Å²) < 4.78 is 34.4. The Morgan fingerprint density at radius 3 is 2.76 bits per heavy atom. The van der Waals surface area contributed by atoms with E-state index in [0.29, 0.717) is 38.7 Å². The summed E-state index contributed by atoms with van der Waals surface area (Å²) in [5, 5.41) is 1.50. The SMILES string of the molecule is O=S(=O)(c1ccc(Cl)s1)N1CCSc2c(-c3cc4cc(Cl)ccc4o3)cncc21. The van der Waals surface area contributed by atoms with E-state index in [1.54, 1.807) is 36.3 Å². The van der Waals surface area contributed by atoms with E-state index in [0.717, 1.165) is 27.2 Å². The van der Waals surface area contributed by atoms with Crippen molar-refractivity contribution in [3.63, 3.8) is 0 Å². The van der Waals surface area contributed by atoms with E-state index in [1.807, 2.05) is 18.2 Å². The van der Waals surface area contributed by atoms with Gasteiger partial charge in [0.15, 0.2) is 0 Å². The zero-order valence-electron chi connectivity index (χ0n) is 14.6. The van der Waals surface area contributed by atoms with E-state index in [2.05, 4.69) is 4.98 Å². The number of fused-ring (bicyclic) bond motifs is 2. The molecule has 5 rings (SSSR count). The van der Waals surface area contributed by atoms with Crippen molar-refractivity contribution in [2.24, 2.45) is 0 Å². The second kappa shape index (κ2) is 7.21. The molecule has 0 amide bonds. The van der Waals surface area contributed by atoms with Crippen LogP contribution in [0.15, 0.2) is 62.3 Å². The molecular weight excluding hydrogens is 471 g/mol. The summed E-state index contributed by atoms with van der Waals surface area (Å²) in [6.45, 7) is 0.358. The Morgan fingerprint density at radius 2 is 1.97 bits per heavy atom. The summed E-state index contributed by atoms with van der Waals surface area (Å²) in [5.74, 6) is 1.24. The molecule has 0 spiro atoms. The highest BCUT2D eigenvalue weighted by Crippen LogP contribution is 2.44. The van der Waals surface area contributed by atoms with Gasteiger partial charge in [0.2, 0.25) is 0 Å². The minimum atomic E-state index is -3.72. The standard InChI is InChI=1S/C19H12Cl2N2O3S3/c20-12-1-2-15-11(7-12)8-16(26-15)13-9-22-10-14-19(13)27-6-5-23(14)29(24,25)18-4-3-17(21)28-18/h1-4,7-10H,5-6H2. The van der Waals surface area contributed by atoms with Gasteiger partial charge in [-0.1, -0.05) is 23.2 Å². The highest BCUT2D eigenvalue weighted by atomic mass is 35.5. The van der Waals surface area contributed by atoms with Gasteiger partial charge in [-0.3, -0.25) is 9.29 Å². The summed E-state index contributed by atoms with van der Waals surface area (Å²) in [6, 6.07) is 10.4. The van der Waals surface area contributed by atoms with Crippen LogP contribution in [-0.4, -0.2) is 25.7 Å². The lowest BCUT2D eigenvalue weighted by molar-refractivity contribution is 0.593. The largest absolute Gasteiger partial charge is 0.456 e. The first-order chi connectivity index (χ1) is 13.9. The molecule has 0 radical (unpaired) electrons. The number of pyridine rings is 1. The third kappa shape index (κ3) is 3.33. The lowest BCUT2D eigenvalue weighted by Gasteiger charge is -2.30. The Bertz CT molecular complexity index is 1350. The molecule has 0 aliphatic carbocycles. The van der Waals surface area contributed by atoms with Crippen molar-refractivity contribution in [3.05, 3.63) is 58.2 Å². The Hall–Kier alpha value is -1.71. The van der Waals surface area contributed by atoms with E-state index < -0.39 is 10.0 Å². The molecule has 5 nitrogen and oxygen atoms in total. The van der Waals surface area contributed by atoms with Crippen molar-refractivity contribution >= 4 is 73.0 Å². The topological polar surface area (TPSA) is 63.4 Å². The molecule has 0 N–H and O–H groups in total. The second-order valence-electron chi connectivity index (χ2n) is 6.31. The number of sulfonamides is 1. The molecule has 0 saturated carbocycles. The number of hydrogen-bond acceptors (Lipinski definition) is 6. The molecule has 4 aromatic rings.